The Balaban J connectivity index is 2.55. The lowest BCUT2D eigenvalue weighted by Gasteiger charge is -2.36. The molecule has 3 unspecified atom stereocenters. The highest BCUT2D eigenvalue weighted by molar-refractivity contribution is 5.82. The number of nitrogens with one attached hydrogen (secondary N) is 1. The van der Waals surface area contributed by atoms with Crippen molar-refractivity contribution < 1.29 is 19.4 Å². The van der Waals surface area contributed by atoms with E-state index in [1.54, 1.807) is 11.8 Å². The standard InChI is InChI=1S/C14H26N2O4/c1-5-6-14(4,13(18)19)15-7-12(17)16-8-10(2)20-11(3)9-16/h10-11,15H,5-9H2,1-4H3,(H,18,19). The molecular weight excluding hydrogens is 260 g/mol. The lowest BCUT2D eigenvalue weighted by atomic mass is 9.96. The monoisotopic (exact) mass is 286 g/mol. The summed E-state index contributed by atoms with van der Waals surface area (Å²) in [7, 11) is 0. The summed E-state index contributed by atoms with van der Waals surface area (Å²) in [5, 5.41) is 12.2. The van der Waals surface area contributed by atoms with Crippen molar-refractivity contribution in [3.63, 3.8) is 0 Å². The lowest BCUT2D eigenvalue weighted by molar-refractivity contribution is -0.146. The van der Waals surface area contributed by atoms with Crippen LogP contribution in [0, 0.1) is 0 Å². The van der Waals surface area contributed by atoms with Crippen LogP contribution in [0.2, 0.25) is 0 Å². The topological polar surface area (TPSA) is 78.9 Å². The number of carboxylic acid groups (broad SMARTS) is 1. The van der Waals surface area contributed by atoms with Crippen molar-refractivity contribution in [2.75, 3.05) is 19.6 Å². The van der Waals surface area contributed by atoms with Crippen LogP contribution in [0.4, 0.5) is 0 Å². The van der Waals surface area contributed by atoms with Crippen LogP contribution in [-0.4, -0.2) is 59.3 Å². The van der Waals surface area contributed by atoms with Crippen LogP contribution in [0.3, 0.4) is 0 Å². The molecule has 1 fully saturated rings. The van der Waals surface area contributed by atoms with E-state index in [1.165, 1.54) is 0 Å². The number of amides is 1. The molecule has 20 heavy (non-hydrogen) atoms. The molecule has 2 N–H and O–H groups in total. The van der Waals surface area contributed by atoms with Crippen LogP contribution >= 0.6 is 0 Å². The molecule has 6 nitrogen and oxygen atoms in total. The van der Waals surface area contributed by atoms with E-state index in [0.717, 1.165) is 6.42 Å². The van der Waals surface area contributed by atoms with Crippen molar-refractivity contribution in [3.8, 4) is 0 Å². The van der Waals surface area contributed by atoms with Gasteiger partial charge in [-0.1, -0.05) is 13.3 Å². The maximum atomic E-state index is 12.2. The second kappa shape index (κ2) is 7.04. The quantitative estimate of drug-likeness (QED) is 0.757. The number of hydrogen-bond donors (Lipinski definition) is 2. The normalized spacial score (nSPS) is 26.1. The van der Waals surface area contributed by atoms with Gasteiger partial charge in [-0.3, -0.25) is 14.9 Å². The Hall–Kier alpha value is -1.14. The van der Waals surface area contributed by atoms with Gasteiger partial charge in [-0.2, -0.15) is 0 Å². The minimum atomic E-state index is -1.05. The molecule has 6 heteroatoms. The molecule has 0 aromatic rings. The zero-order valence-corrected chi connectivity index (χ0v) is 12.8. The average molecular weight is 286 g/mol. The molecule has 1 saturated heterocycles. The van der Waals surface area contributed by atoms with E-state index >= 15 is 0 Å². The summed E-state index contributed by atoms with van der Waals surface area (Å²) in [5.74, 6) is -0.994. The molecule has 0 aromatic heterocycles. The van der Waals surface area contributed by atoms with Gasteiger partial charge in [-0.05, 0) is 27.2 Å². The molecule has 0 spiro atoms. The Morgan fingerprint density at radius 1 is 1.35 bits per heavy atom. The summed E-state index contributed by atoms with van der Waals surface area (Å²) in [4.78, 5) is 25.2. The van der Waals surface area contributed by atoms with E-state index in [1.807, 2.05) is 20.8 Å². The third-order valence-electron chi connectivity index (χ3n) is 3.62. The van der Waals surface area contributed by atoms with E-state index < -0.39 is 11.5 Å². The molecule has 0 aliphatic carbocycles. The van der Waals surface area contributed by atoms with Gasteiger partial charge in [-0.15, -0.1) is 0 Å². The molecule has 1 aliphatic rings. The van der Waals surface area contributed by atoms with E-state index in [2.05, 4.69) is 5.32 Å². The highest BCUT2D eigenvalue weighted by Crippen LogP contribution is 2.14. The first-order valence-corrected chi connectivity index (χ1v) is 7.20. The van der Waals surface area contributed by atoms with Crippen molar-refractivity contribution in [1.82, 2.24) is 10.2 Å². The number of rotatable bonds is 6. The number of morpholine rings is 1. The zero-order valence-electron chi connectivity index (χ0n) is 12.8. The van der Waals surface area contributed by atoms with Gasteiger partial charge in [0, 0.05) is 13.1 Å². The molecular formula is C14H26N2O4. The smallest absolute Gasteiger partial charge is 0.323 e. The molecule has 0 bridgehead atoms. The largest absolute Gasteiger partial charge is 0.480 e. The highest BCUT2D eigenvalue weighted by atomic mass is 16.5. The number of carbonyl (C=O) groups is 2. The molecule has 1 heterocycles. The second-order valence-corrected chi connectivity index (χ2v) is 5.80. The van der Waals surface area contributed by atoms with Gasteiger partial charge < -0.3 is 14.7 Å². The fraction of sp³-hybridized carbons (Fsp3) is 0.857. The van der Waals surface area contributed by atoms with Crippen LogP contribution in [0.25, 0.3) is 0 Å². The summed E-state index contributed by atoms with van der Waals surface area (Å²) in [6, 6.07) is 0. The average Bonchev–Trinajstić information content (AvgIpc) is 2.35. The maximum absolute atomic E-state index is 12.2. The second-order valence-electron chi connectivity index (χ2n) is 5.80. The molecule has 0 saturated carbocycles. The van der Waals surface area contributed by atoms with Crippen LogP contribution < -0.4 is 5.32 Å². The Labute approximate surface area is 120 Å². The van der Waals surface area contributed by atoms with E-state index in [-0.39, 0.29) is 24.7 Å². The minimum Gasteiger partial charge on any atom is -0.480 e. The summed E-state index contributed by atoms with van der Waals surface area (Å²) in [6.45, 7) is 8.57. The third-order valence-corrected chi connectivity index (χ3v) is 3.62. The summed E-state index contributed by atoms with van der Waals surface area (Å²) in [5.41, 5.74) is -1.05. The molecule has 1 aliphatic heterocycles. The predicted molar refractivity (Wildman–Crippen MR) is 75.5 cm³/mol. The fourth-order valence-electron chi connectivity index (χ4n) is 2.53. The minimum absolute atomic E-state index is 0.0178. The molecule has 3 atom stereocenters. The predicted octanol–water partition coefficient (Wildman–Crippen LogP) is 0.855. The van der Waals surface area contributed by atoms with E-state index in [4.69, 9.17) is 4.74 Å². The number of ether oxygens (including phenoxy) is 1. The Morgan fingerprint density at radius 3 is 2.35 bits per heavy atom. The van der Waals surface area contributed by atoms with Crippen LogP contribution in [-0.2, 0) is 14.3 Å². The number of aliphatic carboxylic acids is 1. The fourth-order valence-corrected chi connectivity index (χ4v) is 2.53. The van der Waals surface area contributed by atoms with Crippen molar-refractivity contribution in [1.29, 1.82) is 0 Å². The van der Waals surface area contributed by atoms with Crippen LogP contribution in [0.5, 0.6) is 0 Å². The van der Waals surface area contributed by atoms with Crippen molar-refractivity contribution in [3.05, 3.63) is 0 Å². The molecule has 0 aromatic carbocycles. The molecule has 0 radical (unpaired) electrons. The van der Waals surface area contributed by atoms with Gasteiger partial charge >= 0.3 is 5.97 Å². The third kappa shape index (κ3) is 4.45. The first-order valence-electron chi connectivity index (χ1n) is 7.20. The number of nitrogens with zero attached hydrogens (tertiary/aromatic N) is 1. The van der Waals surface area contributed by atoms with Crippen LogP contribution in [0.1, 0.15) is 40.5 Å². The Bertz CT molecular complexity index is 351. The van der Waals surface area contributed by atoms with Gasteiger partial charge in [0.05, 0.1) is 18.8 Å². The number of hydrogen-bond acceptors (Lipinski definition) is 4. The molecule has 116 valence electrons. The SMILES string of the molecule is CCCC(C)(NCC(=O)N1CC(C)OC(C)C1)C(=O)O. The Morgan fingerprint density at radius 2 is 1.90 bits per heavy atom. The first-order chi connectivity index (χ1) is 9.28. The van der Waals surface area contributed by atoms with Gasteiger partial charge in [0.2, 0.25) is 5.91 Å². The summed E-state index contributed by atoms with van der Waals surface area (Å²) >= 11 is 0. The summed E-state index contributed by atoms with van der Waals surface area (Å²) in [6.07, 6.45) is 1.27. The highest BCUT2D eigenvalue weighted by Gasteiger charge is 2.33. The van der Waals surface area contributed by atoms with E-state index in [9.17, 15) is 14.7 Å². The Kier molecular flexibility index (Phi) is 5.95. The van der Waals surface area contributed by atoms with Gasteiger partial charge in [-0.25, -0.2) is 0 Å². The summed E-state index contributed by atoms with van der Waals surface area (Å²) < 4.78 is 5.58. The lowest BCUT2D eigenvalue weighted by Crippen LogP contribution is -2.55. The van der Waals surface area contributed by atoms with Crippen molar-refractivity contribution in [2.24, 2.45) is 0 Å². The maximum Gasteiger partial charge on any atom is 0.323 e. The van der Waals surface area contributed by atoms with Crippen molar-refractivity contribution >= 4 is 11.9 Å². The first kappa shape index (κ1) is 16.9. The number of carboxylic acids is 1. The molecule has 1 amide bonds. The van der Waals surface area contributed by atoms with Gasteiger partial charge in [0.25, 0.3) is 0 Å². The van der Waals surface area contributed by atoms with Gasteiger partial charge in [0.1, 0.15) is 5.54 Å². The van der Waals surface area contributed by atoms with Gasteiger partial charge in [0.15, 0.2) is 0 Å². The zero-order chi connectivity index (χ0) is 15.3. The van der Waals surface area contributed by atoms with Crippen LogP contribution in [0.15, 0.2) is 0 Å². The van der Waals surface area contributed by atoms with Crippen molar-refractivity contribution in [2.45, 2.75) is 58.3 Å². The number of carbonyl (C=O) groups excluding carboxylic acids is 1. The molecule has 1 rings (SSSR count). The van der Waals surface area contributed by atoms with E-state index in [0.29, 0.717) is 19.5 Å².